The van der Waals surface area contributed by atoms with E-state index in [1.165, 1.54) is 19.1 Å². The number of methoxy groups -OCH3 is 1. The summed E-state index contributed by atoms with van der Waals surface area (Å²) in [6.45, 7) is 5.59. The van der Waals surface area contributed by atoms with Crippen LogP contribution in [0.5, 0.6) is 0 Å². The minimum absolute atomic E-state index is 0.223. The normalized spacial score (nSPS) is 31.5. The summed E-state index contributed by atoms with van der Waals surface area (Å²) in [6, 6.07) is 9.59. The average molecular weight is 412 g/mol. The molecule has 0 spiro atoms. The van der Waals surface area contributed by atoms with Crippen LogP contribution in [-0.2, 0) is 25.7 Å². The first-order valence-corrected chi connectivity index (χ1v) is 10.4. The van der Waals surface area contributed by atoms with Crippen LogP contribution < -0.4 is 0 Å². The van der Waals surface area contributed by atoms with Crippen molar-refractivity contribution < 1.29 is 19.1 Å². The molecule has 1 aromatic rings. The van der Waals surface area contributed by atoms with Crippen molar-refractivity contribution in [3.8, 4) is 0 Å². The van der Waals surface area contributed by atoms with Gasteiger partial charge in [0.1, 0.15) is 0 Å². The molecule has 4 atom stereocenters. The Balaban J connectivity index is 1.84. The van der Waals surface area contributed by atoms with Gasteiger partial charge in [-0.25, -0.2) is 9.79 Å². The SMILES string of the molecule is CCN1C[C@@H]2[C@@H]3C(=O)N(C)C(=O)[C@@H]3[C@](CC)(C(=O)OC)N2C1=NCc1ccccc1. The summed E-state index contributed by atoms with van der Waals surface area (Å²) in [7, 11) is 2.84. The Morgan fingerprint density at radius 3 is 2.50 bits per heavy atom. The fourth-order valence-corrected chi connectivity index (χ4v) is 5.44. The van der Waals surface area contributed by atoms with Gasteiger partial charge in [-0.05, 0) is 18.9 Å². The largest absolute Gasteiger partial charge is 0.467 e. The second-order valence-corrected chi connectivity index (χ2v) is 8.09. The van der Waals surface area contributed by atoms with Crippen molar-refractivity contribution in [2.24, 2.45) is 16.8 Å². The highest BCUT2D eigenvalue weighted by atomic mass is 16.5. The Morgan fingerprint density at radius 2 is 1.90 bits per heavy atom. The maximum atomic E-state index is 13.2. The summed E-state index contributed by atoms with van der Waals surface area (Å²) in [5, 5.41) is 0. The lowest BCUT2D eigenvalue weighted by atomic mass is 9.78. The first-order valence-electron chi connectivity index (χ1n) is 10.4. The third-order valence-electron chi connectivity index (χ3n) is 6.87. The fourth-order valence-electron chi connectivity index (χ4n) is 5.44. The Kier molecular flexibility index (Phi) is 5.03. The Bertz CT molecular complexity index is 902. The predicted octanol–water partition coefficient (Wildman–Crippen LogP) is 1.12. The van der Waals surface area contributed by atoms with Gasteiger partial charge in [0.25, 0.3) is 0 Å². The molecule has 8 heteroatoms. The maximum absolute atomic E-state index is 13.2. The topological polar surface area (TPSA) is 82.5 Å². The molecule has 3 fully saturated rings. The van der Waals surface area contributed by atoms with Crippen LogP contribution in [0.15, 0.2) is 35.3 Å². The molecule has 160 valence electrons. The second-order valence-electron chi connectivity index (χ2n) is 8.09. The number of likely N-dealkylation sites (tertiary alicyclic amines) is 1. The molecule has 0 radical (unpaired) electrons. The van der Waals surface area contributed by atoms with E-state index in [1.807, 2.05) is 49.1 Å². The molecule has 3 heterocycles. The van der Waals surface area contributed by atoms with Crippen molar-refractivity contribution in [2.45, 2.75) is 38.4 Å². The van der Waals surface area contributed by atoms with Gasteiger partial charge in [-0.15, -0.1) is 0 Å². The second kappa shape index (κ2) is 7.41. The first kappa shape index (κ1) is 20.4. The van der Waals surface area contributed by atoms with E-state index >= 15 is 0 Å². The van der Waals surface area contributed by atoms with Crippen LogP contribution in [0.3, 0.4) is 0 Å². The molecule has 3 aliphatic rings. The van der Waals surface area contributed by atoms with Crippen molar-refractivity contribution in [1.82, 2.24) is 14.7 Å². The van der Waals surface area contributed by atoms with Gasteiger partial charge in [-0.3, -0.25) is 14.5 Å². The molecular formula is C22H28N4O4. The van der Waals surface area contributed by atoms with Crippen molar-refractivity contribution in [3.63, 3.8) is 0 Å². The number of fused-ring (bicyclic) bond motifs is 3. The number of hydrogen-bond acceptors (Lipinski definition) is 5. The number of carbonyl (C=O) groups is 3. The molecular weight excluding hydrogens is 384 g/mol. The molecule has 0 saturated carbocycles. The molecule has 2 amide bonds. The van der Waals surface area contributed by atoms with Gasteiger partial charge in [-0.1, -0.05) is 37.3 Å². The zero-order valence-electron chi connectivity index (χ0n) is 17.9. The number of amides is 2. The number of benzene rings is 1. The van der Waals surface area contributed by atoms with Gasteiger partial charge in [-0.2, -0.15) is 0 Å². The van der Waals surface area contributed by atoms with Gasteiger partial charge in [0.05, 0.1) is 31.5 Å². The molecule has 4 rings (SSSR count). The number of hydrogen-bond donors (Lipinski definition) is 0. The summed E-state index contributed by atoms with van der Waals surface area (Å²) < 4.78 is 5.21. The molecule has 0 unspecified atom stereocenters. The van der Waals surface area contributed by atoms with Crippen LogP contribution in [0, 0.1) is 11.8 Å². The Morgan fingerprint density at radius 1 is 1.20 bits per heavy atom. The van der Waals surface area contributed by atoms with E-state index in [-0.39, 0.29) is 17.9 Å². The number of guanidine groups is 1. The standard InChI is InChI=1S/C22H28N4O4/c1-5-22(20(29)30-4)17-16(18(27)24(3)19(17)28)15-13-25(6-2)21(26(15)22)23-12-14-10-8-7-9-11-14/h7-11,15-17H,5-6,12-13H2,1-4H3/t15-,16+,17-,22-/m1/s1. The minimum Gasteiger partial charge on any atom is -0.467 e. The van der Waals surface area contributed by atoms with Crippen LogP contribution in [-0.4, -0.2) is 77.3 Å². The van der Waals surface area contributed by atoms with Crippen molar-refractivity contribution in [3.05, 3.63) is 35.9 Å². The lowest BCUT2D eigenvalue weighted by Gasteiger charge is -2.39. The van der Waals surface area contributed by atoms with E-state index in [0.717, 1.165) is 5.56 Å². The molecule has 0 aromatic heterocycles. The van der Waals surface area contributed by atoms with Crippen LogP contribution in [0.4, 0.5) is 0 Å². The van der Waals surface area contributed by atoms with E-state index in [9.17, 15) is 14.4 Å². The summed E-state index contributed by atoms with van der Waals surface area (Å²) in [5.41, 5.74) is -0.183. The number of nitrogens with zero attached hydrogens (tertiary/aromatic N) is 4. The molecule has 0 bridgehead atoms. The highest BCUT2D eigenvalue weighted by molar-refractivity contribution is 6.11. The first-order chi connectivity index (χ1) is 14.4. The van der Waals surface area contributed by atoms with Gasteiger partial charge in [0.15, 0.2) is 11.5 Å². The third kappa shape index (κ3) is 2.58. The molecule has 0 aliphatic carbocycles. The number of likely N-dealkylation sites (N-methyl/N-ethyl adjacent to an activating group) is 1. The quantitative estimate of drug-likeness (QED) is 0.532. The highest BCUT2D eigenvalue weighted by Crippen LogP contribution is 2.53. The fraction of sp³-hybridized carbons (Fsp3) is 0.545. The van der Waals surface area contributed by atoms with Crippen molar-refractivity contribution in [1.29, 1.82) is 0 Å². The molecule has 1 aromatic carbocycles. The minimum atomic E-state index is -1.24. The molecule has 0 N–H and O–H groups in total. The number of aliphatic imine (C=N–C) groups is 1. The van der Waals surface area contributed by atoms with Crippen molar-refractivity contribution in [2.75, 3.05) is 27.2 Å². The average Bonchev–Trinajstić information content (AvgIpc) is 3.35. The van der Waals surface area contributed by atoms with E-state index in [2.05, 4.69) is 4.90 Å². The smallest absolute Gasteiger partial charge is 0.332 e. The maximum Gasteiger partial charge on any atom is 0.332 e. The third-order valence-corrected chi connectivity index (χ3v) is 6.87. The molecule has 3 aliphatic heterocycles. The zero-order valence-corrected chi connectivity index (χ0v) is 17.9. The Labute approximate surface area is 176 Å². The van der Waals surface area contributed by atoms with Crippen LogP contribution in [0.2, 0.25) is 0 Å². The van der Waals surface area contributed by atoms with Crippen LogP contribution in [0.1, 0.15) is 25.8 Å². The lowest BCUT2D eigenvalue weighted by Crippen LogP contribution is -2.60. The molecule has 30 heavy (non-hydrogen) atoms. The number of ether oxygens (including phenoxy) is 1. The Hall–Kier alpha value is -2.90. The van der Waals surface area contributed by atoms with Gasteiger partial charge < -0.3 is 14.5 Å². The van der Waals surface area contributed by atoms with E-state index < -0.39 is 23.3 Å². The van der Waals surface area contributed by atoms with E-state index in [4.69, 9.17) is 9.73 Å². The van der Waals surface area contributed by atoms with Gasteiger partial charge >= 0.3 is 5.97 Å². The monoisotopic (exact) mass is 412 g/mol. The number of imide groups is 1. The highest BCUT2D eigenvalue weighted by Gasteiger charge is 2.73. The van der Waals surface area contributed by atoms with Gasteiger partial charge in [0.2, 0.25) is 11.8 Å². The predicted molar refractivity (Wildman–Crippen MR) is 110 cm³/mol. The molecule has 8 nitrogen and oxygen atoms in total. The number of esters is 1. The summed E-state index contributed by atoms with van der Waals surface area (Å²) in [5.74, 6) is -1.67. The summed E-state index contributed by atoms with van der Waals surface area (Å²) in [4.78, 5) is 49.4. The van der Waals surface area contributed by atoms with Crippen molar-refractivity contribution >= 4 is 23.7 Å². The van der Waals surface area contributed by atoms with E-state index in [0.29, 0.717) is 32.0 Å². The molecule has 3 saturated heterocycles. The summed E-state index contributed by atoms with van der Waals surface area (Å²) >= 11 is 0. The van der Waals surface area contributed by atoms with Crippen LogP contribution in [0.25, 0.3) is 0 Å². The van der Waals surface area contributed by atoms with E-state index in [1.54, 1.807) is 0 Å². The van der Waals surface area contributed by atoms with Gasteiger partial charge in [0, 0.05) is 20.1 Å². The number of rotatable bonds is 5. The lowest BCUT2D eigenvalue weighted by molar-refractivity contribution is -0.158. The zero-order chi connectivity index (χ0) is 21.6. The number of carbonyl (C=O) groups excluding carboxylic acids is 3. The van der Waals surface area contributed by atoms with Crippen LogP contribution >= 0.6 is 0 Å². The summed E-state index contributed by atoms with van der Waals surface area (Å²) in [6.07, 6.45) is 0.353.